The van der Waals surface area contributed by atoms with Crippen LogP contribution in [-0.2, 0) is 6.54 Å². The fourth-order valence-corrected chi connectivity index (χ4v) is 3.33. The van der Waals surface area contributed by atoms with E-state index in [9.17, 15) is 4.79 Å². The first kappa shape index (κ1) is 18.4. The average molecular weight is 354 g/mol. The van der Waals surface area contributed by atoms with Crippen molar-refractivity contribution < 1.29 is 14.3 Å². The van der Waals surface area contributed by atoms with Gasteiger partial charge in [-0.05, 0) is 30.3 Å². The topological polar surface area (TPSA) is 42.0 Å². The van der Waals surface area contributed by atoms with Gasteiger partial charge in [0.2, 0.25) is 0 Å². The second-order valence-electron chi connectivity index (χ2n) is 6.69. The first-order chi connectivity index (χ1) is 12.6. The molecule has 26 heavy (non-hydrogen) atoms. The minimum atomic E-state index is 0.651. The smallest absolute Gasteiger partial charge is 0.150 e. The van der Waals surface area contributed by atoms with Crippen LogP contribution >= 0.6 is 0 Å². The number of aldehydes is 1. The van der Waals surface area contributed by atoms with Crippen molar-refractivity contribution in [1.29, 1.82) is 0 Å². The second-order valence-corrected chi connectivity index (χ2v) is 6.69. The molecule has 0 unspecified atom stereocenters. The summed E-state index contributed by atoms with van der Waals surface area (Å²) >= 11 is 0. The first-order valence-corrected chi connectivity index (χ1v) is 8.86. The molecule has 1 heterocycles. The molecule has 0 saturated carbocycles. The summed E-state index contributed by atoms with van der Waals surface area (Å²) in [6.45, 7) is 5.20. The molecule has 2 aromatic carbocycles. The molecule has 1 fully saturated rings. The van der Waals surface area contributed by atoms with E-state index < -0.39 is 0 Å². The van der Waals surface area contributed by atoms with Crippen molar-refractivity contribution in [2.24, 2.45) is 0 Å². The molecule has 0 radical (unpaired) electrons. The van der Waals surface area contributed by atoms with Crippen LogP contribution in [0.25, 0.3) is 11.1 Å². The van der Waals surface area contributed by atoms with Crippen LogP contribution in [0, 0.1) is 0 Å². The number of piperazine rings is 1. The van der Waals surface area contributed by atoms with Crippen molar-refractivity contribution in [3.05, 3.63) is 47.5 Å². The van der Waals surface area contributed by atoms with Crippen LogP contribution in [0.4, 0.5) is 0 Å². The van der Waals surface area contributed by atoms with Crippen LogP contribution in [0.15, 0.2) is 36.4 Å². The van der Waals surface area contributed by atoms with E-state index in [1.54, 1.807) is 26.4 Å². The molecule has 0 bridgehead atoms. The van der Waals surface area contributed by atoms with E-state index in [1.165, 1.54) is 5.56 Å². The van der Waals surface area contributed by atoms with E-state index in [0.29, 0.717) is 5.56 Å². The van der Waals surface area contributed by atoms with Crippen LogP contribution in [0.2, 0.25) is 0 Å². The van der Waals surface area contributed by atoms with E-state index >= 15 is 0 Å². The Morgan fingerprint density at radius 1 is 0.962 bits per heavy atom. The fraction of sp³-hybridized carbons (Fsp3) is 0.381. The molecule has 5 nitrogen and oxygen atoms in total. The lowest BCUT2D eigenvalue weighted by atomic mass is 9.99. The quantitative estimate of drug-likeness (QED) is 0.746. The predicted molar refractivity (Wildman–Crippen MR) is 103 cm³/mol. The molecule has 0 spiro atoms. The average Bonchev–Trinajstić information content (AvgIpc) is 2.69. The Bertz CT molecular complexity index is 725. The van der Waals surface area contributed by atoms with Crippen LogP contribution < -0.4 is 9.47 Å². The van der Waals surface area contributed by atoms with Crippen molar-refractivity contribution in [2.75, 3.05) is 47.4 Å². The molecular formula is C21H26N2O3. The van der Waals surface area contributed by atoms with Crippen molar-refractivity contribution >= 4 is 6.29 Å². The normalized spacial score (nSPS) is 15.7. The standard InChI is InChI=1S/C21H26N2O3/c1-22-8-10-23(11-9-22)14-17-12-19(25-2)21(20(13-17)26-3)18-6-4-16(15-24)5-7-18/h4-7,12-13,15H,8-11,14H2,1-3H3. The van der Waals surface area contributed by atoms with E-state index in [2.05, 4.69) is 29.0 Å². The van der Waals surface area contributed by atoms with Crippen molar-refractivity contribution in [3.8, 4) is 22.6 Å². The van der Waals surface area contributed by atoms with Crippen LogP contribution in [0.1, 0.15) is 15.9 Å². The SMILES string of the molecule is COc1cc(CN2CCN(C)CC2)cc(OC)c1-c1ccc(C=O)cc1. The summed E-state index contributed by atoms with van der Waals surface area (Å²) in [5.74, 6) is 1.57. The Balaban J connectivity index is 1.91. The predicted octanol–water partition coefficient (Wildman–Crippen LogP) is 2.93. The highest BCUT2D eigenvalue weighted by Crippen LogP contribution is 2.40. The van der Waals surface area contributed by atoms with E-state index in [-0.39, 0.29) is 0 Å². The highest BCUT2D eigenvalue weighted by atomic mass is 16.5. The third-order valence-corrected chi connectivity index (χ3v) is 4.90. The fourth-order valence-electron chi connectivity index (χ4n) is 3.33. The third-order valence-electron chi connectivity index (χ3n) is 4.90. The summed E-state index contributed by atoms with van der Waals surface area (Å²) in [6, 6.07) is 11.6. The molecule has 0 aromatic heterocycles. The zero-order valence-corrected chi connectivity index (χ0v) is 15.7. The van der Waals surface area contributed by atoms with Gasteiger partial charge in [-0.15, -0.1) is 0 Å². The Hall–Kier alpha value is -2.37. The number of carbonyl (C=O) groups excluding carboxylic acids is 1. The summed E-state index contributed by atoms with van der Waals surface area (Å²) in [7, 11) is 5.52. The molecule has 1 aliphatic heterocycles. The lowest BCUT2D eigenvalue weighted by Crippen LogP contribution is -2.43. The number of ether oxygens (including phenoxy) is 2. The Labute approximate surface area is 155 Å². The van der Waals surface area contributed by atoms with E-state index in [0.717, 1.165) is 61.6 Å². The largest absolute Gasteiger partial charge is 0.496 e. The van der Waals surface area contributed by atoms with Crippen molar-refractivity contribution in [2.45, 2.75) is 6.54 Å². The first-order valence-electron chi connectivity index (χ1n) is 8.86. The number of likely N-dealkylation sites (N-methyl/N-ethyl adjacent to an activating group) is 1. The number of methoxy groups -OCH3 is 2. The number of hydrogen-bond acceptors (Lipinski definition) is 5. The minimum Gasteiger partial charge on any atom is -0.496 e. The van der Waals surface area contributed by atoms with Gasteiger partial charge in [-0.25, -0.2) is 0 Å². The minimum absolute atomic E-state index is 0.651. The van der Waals surface area contributed by atoms with Gasteiger partial charge in [0.1, 0.15) is 17.8 Å². The molecule has 1 saturated heterocycles. The van der Waals surface area contributed by atoms with Crippen LogP contribution in [0.5, 0.6) is 11.5 Å². The van der Waals surface area contributed by atoms with E-state index in [1.807, 2.05) is 12.1 Å². The van der Waals surface area contributed by atoms with Gasteiger partial charge >= 0.3 is 0 Å². The maximum absolute atomic E-state index is 10.9. The Morgan fingerprint density at radius 3 is 2.04 bits per heavy atom. The molecule has 0 atom stereocenters. The highest BCUT2D eigenvalue weighted by molar-refractivity contribution is 5.81. The van der Waals surface area contributed by atoms with Gasteiger partial charge in [-0.2, -0.15) is 0 Å². The Kier molecular flexibility index (Phi) is 5.91. The van der Waals surface area contributed by atoms with Gasteiger partial charge in [0, 0.05) is 38.3 Å². The second kappa shape index (κ2) is 8.34. The third kappa shape index (κ3) is 4.06. The molecule has 5 heteroatoms. The summed E-state index contributed by atoms with van der Waals surface area (Å²) in [6.07, 6.45) is 0.845. The lowest BCUT2D eigenvalue weighted by Gasteiger charge is -2.32. The van der Waals surface area contributed by atoms with Gasteiger partial charge in [-0.3, -0.25) is 9.69 Å². The zero-order chi connectivity index (χ0) is 18.5. The molecule has 1 aliphatic rings. The molecule has 0 amide bonds. The monoisotopic (exact) mass is 354 g/mol. The van der Waals surface area contributed by atoms with Crippen molar-refractivity contribution in [3.63, 3.8) is 0 Å². The molecule has 2 aromatic rings. The van der Waals surface area contributed by atoms with Crippen LogP contribution in [-0.4, -0.2) is 63.5 Å². The summed E-state index contributed by atoms with van der Waals surface area (Å²) in [5.41, 5.74) is 3.71. The number of nitrogens with zero attached hydrogens (tertiary/aromatic N) is 2. The maximum atomic E-state index is 10.9. The molecule has 0 aliphatic carbocycles. The maximum Gasteiger partial charge on any atom is 0.150 e. The van der Waals surface area contributed by atoms with Crippen molar-refractivity contribution in [1.82, 2.24) is 9.80 Å². The van der Waals surface area contributed by atoms with Gasteiger partial charge in [-0.1, -0.05) is 24.3 Å². The number of rotatable bonds is 6. The zero-order valence-electron chi connectivity index (χ0n) is 15.7. The van der Waals surface area contributed by atoms with E-state index in [4.69, 9.17) is 9.47 Å². The van der Waals surface area contributed by atoms with Gasteiger partial charge in [0.25, 0.3) is 0 Å². The molecule has 138 valence electrons. The highest BCUT2D eigenvalue weighted by Gasteiger charge is 2.18. The lowest BCUT2D eigenvalue weighted by molar-refractivity contribution is 0.112. The number of hydrogen-bond donors (Lipinski definition) is 0. The number of carbonyl (C=O) groups is 1. The summed E-state index contributed by atoms with van der Waals surface area (Å²) in [4.78, 5) is 15.7. The van der Waals surface area contributed by atoms with Crippen LogP contribution in [0.3, 0.4) is 0 Å². The molecule has 0 N–H and O–H groups in total. The summed E-state index contributed by atoms with van der Waals surface area (Å²) < 4.78 is 11.3. The van der Waals surface area contributed by atoms with Gasteiger partial charge in [0.15, 0.2) is 0 Å². The van der Waals surface area contributed by atoms with Gasteiger partial charge < -0.3 is 14.4 Å². The number of benzene rings is 2. The summed E-state index contributed by atoms with van der Waals surface area (Å²) in [5, 5.41) is 0. The molecular weight excluding hydrogens is 328 g/mol. The van der Waals surface area contributed by atoms with Gasteiger partial charge in [0.05, 0.1) is 19.8 Å². The Morgan fingerprint density at radius 2 is 1.54 bits per heavy atom. The molecule has 3 rings (SSSR count).